The van der Waals surface area contributed by atoms with E-state index in [4.69, 9.17) is 4.52 Å². The lowest BCUT2D eigenvalue weighted by molar-refractivity contribution is 0.158. The van der Waals surface area contributed by atoms with Crippen molar-refractivity contribution < 1.29 is 14.0 Å². The highest BCUT2D eigenvalue weighted by Crippen LogP contribution is 2.26. The zero-order chi connectivity index (χ0) is 11.7. The van der Waals surface area contributed by atoms with Gasteiger partial charge in [-0.3, -0.25) is 0 Å². The molecule has 2 aromatic rings. The molecule has 0 aliphatic heterocycles. The van der Waals surface area contributed by atoms with Crippen LogP contribution in [0.4, 0.5) is 4.39 Å². The number of aliphatic hydroxyl groups is 1. The van der Waals surface area contributed by atoms with Gasteiger partial charge in [-0.2, -0.15) is 0 Å². The molecule has 3 nitrogen and oxygen atoms in total. The maximum absolute atomic E-state index is 13.1. The van der Waals surface area contributed by atoms with Crippen molar-refractivity contribution in [2.75, 3.05) is 0 Å². The summed E-state index contributed by atoms with van der Waals surface area (Å²) in [5.74, 6) is 0.00126. The second-order valence-corrected chi connectivity index (χ2v) is 4.36. The van der Waals surface area contributed by atoms with Crippen LogP contribution in [0.25, 0.3) is 11.3 Å². The normalized spacial score (nSPS) is 12.8. The van der Waals surface area contributed by atoms with E-state index in [-0.39, 0.29) is 5.82 Å². The third-order valence-corrected chi connectivity index (χ3v) is 2.56. The molecule has 0 bridgehead atoms. The van der Waals surface area contributed by atoms with Gasteiger partial charge in [-0.1, -0.05) is 21.1 Å². The predicted octanol–water partition coefficient (Wildman–Crippen LogP) is 3.30. The van der Waals surface area contributed by atoms with Crippen LogP contribution in [0.5, 0.6) is 0 Å². The van der Waals surface area contributed by atoms with Crippen LogP contribution in [0.3, 0.4) is 0 Å². The van der Waals surface area contributed by atoms with E-state index in [1.807, 2.05) is 0 Å². The van der Waals surface area contributed by atoms with Crippen LogP contribution in [0.15, 0.2) is 33.3 Å². The molecule has 1 N–H and O–H groups in total. The van der Waals surface area contributed by atoms with Crippen molar-refractivity contribution >= 4 is 15.9 Å². The van der Waals surface area contributed by atoms with E-state index in [1.165, 1.54) is 12.1 Å². The molecule has 16 heavy (non-hydrogen) atoms. The highest BCUT2D eigenvalue weighted by atomic mass is 79.9. The second-order valence-electron chi connectivity index (χ2n) is 3.45. The van der Waals surface area contributed by atoms with E-state index in [9.17, 15) is 9.50 Å². The lowest BCUT2D eigenvalue weighted by atomic mass is 10.1. The Hall–Kier alpha value is -1.20. The van der Waals surface area contributed by atoms with E-state index in [0.29, 0.717) is 21.5 Å². The van der Waals surface area contributed by atoms with Gasteiger partial charge in [-0.05, 0) is 25.1 Å². The fraction of sp³-hybridized carbons (Fsp3) is 0.182. The zero-order valence-electron chi connectivity index (χ0n) is 8.45. The largest absolute Gasteiger partial charge is 0.385 e. The number of hydrogen-bond donors (Lipinski definition) is 1. The first-order valence-corrected chi connectivity index (χ1v) is 5.46. The minimum atomic E-state index is -0.724. The predicted molar refractivity (Wildman–Crippen MR) is 60.2 cm³/mol. The molecule has 0 aliphatic carbocycles. The summed E-state index contributed by atoms with van der Waals surface area (Å²) in [4.78, 5) is 0. The molecule has 1 heterocycles. The first kappa shape index (κ1) is 11.3. The van der Waals surface area contributed by atoms with Crippen molar-refractivity contribution in [3.63, 3.8) is 0 Å². The Kier molecular flexibility index (Phi) is 3.07. The molecule has 0 spiro atoms. The molecule has 1 atom stereocenters. The summed E-state index contributed by atoms with van der Waals surface area (Å²) >= 11 is 3.20. The average molecular weight is 286 g/mol. The molecule has 1 aromatic heterocycles. The van der Waals surface area contributed by atoms with Crippen molar-refractivity contribution in [1.82, 2.24) is 5.16 Å². The van der Waals surface area contributed by atoms with Gasteiger partial charge in [0.05, 0.1) is 0 Å². The molecule has 0 aliphatic rings. The van der Waals surface area contributed by atoms with Gasteiger partial charge in [0, 0.05) is 16.1 Å². The van der Waals surface area contributed by atoms with Gasteiger partial charge in [-0.15, -0.1) is 0 Å². The third kappa shape index (κ3) is 2.31. The van der Waals surface area contributed by atoms with Crippen molar-refractivity contribution in [2.24, 2.45) is 0 Å². The van der Waals surface area contributed by atoms with Gasteiger partial charge < -0.3 is 9.63 Å². The Balaban J connectivity index is 2.42. The van der Waals surface area contributed by atoms with Crippen molar-refractivity contribution in [1.29, 1.82) is 0 Å². The van der Waals surface area contributed by atoms with Gasteiger partial charge in [0.2, 0.25) is 0 Å². The SMILES string of the molecule is CC(O)c1cc(-c2cc(F)cc(Br)c2)no1. The monoisotopic (exact) mass is 285 g/mol. The number of halogens is 2. The first-order valence-electron chi connectivity index (χ1n) is 4.67. The Morgan fingerprint density at radius 2 is 2.12 bits per heavy atom. The van der Waals surface area contributed by atoms with E-state index in [2.05, 4.69) is 21.1 Å². The van der Waals surface area contributed by atoms with E-state index in [1.54, 1.807) is 19.1 Å². The smallest absolute Gasteiger partial charge is 0.165 e. The van der Waals surface area contributed by atoms with Crippen LogP contribution in [0, 0.1) is 5.82 Å². The molecule has 1 unspecified atom stereocenters. The lowest BCUT2D eigenvalue weighted by Crippen LogP contribution is -1.85. The molecule has 0 saturated heterocycles. The number of hydrogen-bond acceptors (Lipinski definition) is 3. The summed E-state index contributed by atoms with van der Waals surface area (Å²) in [6, 6.07) is 6.03. The van der Waals surface area contributed by atoms with Gasteiger partial charge >= 0.3 is 0 Å². The third-order valence-electron chi connectivity index (χ3n) is 2.10. The molecule has 0 fully saturated rings. The van der Waals surface area contributed by atoms with Crippen LogP contribution >= 0.6 is 15.9 Å². The van der Waals surface area contributed by atoms with Crippen molar-refractivity contribution in [2.45, 2.75) is 13.0 Å². The minimum Gasteiger partial charge on any atom is -0.385 e. The Morgan fingerprint density at radius 1 is 1.38 bits per heavy atom. The maximum Gasteiger partial charge on any atom is 0.165 e. The Labute approximate surface area is 100 Å². The molecule has 2 rings (SSSR count). The van der Waals surface area contributed by atoms with Crippen LogP contribution in [0.1, 0.15) is 18.8 Å². The van der Waals surface area contributed by atoms with Gasteiger partial charge in [0.15, 0.2) is 5.76 Å². The van der Waals surface area contributed by atoms with Crippen LogP contribution in [0.2, 0.25) is 0 Å². The Bertz CT molecular complexity index is 490. The molecule has 0 saturated carbocycles. The zero-order valence-corrected chi connectivity index (χ0v) is 10.0. The fourth-order valence-corrected chi connectivity index (χ4v) is 1.79. The lowest BCUT2D eigenvalue weighted by Gasteiger charge is -1.97. The minimum absolute atomic E-state index is 0.356. The number of benzene rings is 1. The first-order chi connectivity index (χ1) is 7.56. The molecule has 1 aromatic carbocycles. The topological polar surface area (TPSA) is 46.3 Å². The van der Waals surface area contributed by atoms with E-state index < -0.39 is 6.10 Å². The second kappa shape index (κ2) is 4.35. The maximum atomic E-state index is 13.1. The molecular weight excluding hydrogens is 277 g/mol. The Morgan fingerprint density at radius 3 is 2.69 bits per heavy atom. The highest BCUT2D eigenvalue weighted by Gasteiger charge is 2.11. The van der Waals surface area contributed by atoms with Crippen molar-refractivity contribution in [3.8, 4) is 11.3 Å². The van der Waals surface area contributed by atoms with Crippen LogP contribution in [-0.2, 0) is 0 Å². The standard InChI is InChI=1S/C11H9BrFNO2/c1-6(15)11-5-10(14-16-11)7-2-8(12)4-9(13)3-7/h2-6,15H,1H3. The summed E-state index contributed by atoms with van der Waals surface area (Å²) in [5, 5.41) is 13.0. The van der Waals surface area contributed by atoms with E-state index >= 15 is 0 Å². The number of nitrogens with zero attached hydrogens (tertiary/aromatic N) is 1. The summed E-state index contributed by atoms with van der Waals surface area (Å²) in [5.41, 5.74) is 1.10. The molecule has 84 valence electrons. The van der Waals surface area contributed by atoms with Crippen LogP contribution < -0.4 is 0 Å². The molecule has 5 heteroatoms. The summed E-state index contributed by atoms with van der Waals surface area (Å²) in [6.07, 6.45) is -0.724. The van der Waals surface area contributed by atoms with Crippen molar-refractivity contribution in [3.05, 3.63) is 40.3 Å². The summed E-state index contributed by atoms with van der Waals surface area (Å²) in [6.45, 7) is 1.58. The van der Waals surface area contributed by atoms with Crippen LogP contribution in [-0.4, -0.2) is 10.3 Å². The quantitative estimate of drug-likeness (QED) is 0.921. The summed E-state index contributed by atoms with van der Waals surface area (Å²) < 4.78 is 18.7. The molecular formula is C11H9BrFNO2. The highest BCUT2D eigenvalue weighted by molar-refractivity contribution is 9.10. The summed E-state index contributed by atoms with van der Waals surface area (Å²) in [7, 11) is 0. The number of aliphatic hydroxyl groups excluding tert-OH is 1. The van der Waals surface area contributed by atoms with Gasteiger partial charge in [0.25, 0.3) is 0 Å². The fourth-order valence-electron chi connectivity index (χ4n) is 1.32. The molecule has 0 amide bonds. The van der Waals surface area contributed by atoms with Gasteiger partial charge in [-0.25, -0.2) is 4.39 Å². The number of aromatic nitrogens is 1. The van der Waals surface area contributed by atoms with Gasteiger partial charge in [0.1, 0.15) is 17.6 Å². The number of rotatable bonds is 2. The molecule has 0 radical (unpaired) electrons. The average Bonchev–Trinajstić information content (AvgIpc) is 2.64. The van der Waals surface area contributed by atoms with E-state index in [0.717, 1.165) is 0 Å².